The van der Waals surface area contributed by atoms with Crippen LogP contribution in [0.15, 0.2) is 0 Å². The summed E-state index contributed by atoms with van der Waals surface area (Å²) in [5, 5.41) is 6.53. The Bertz CT molecular complexity index is 322. The standard InChI is InChI=1S/C15H28N2O2/c1-14(2)5-4-8-16-12(14)13(18)17-11-15(3)6-9-19-10-7-15/h12,16H,4-11H2,1-3H3,(H,17,18). The molecule has 4 nitrogen and oxygen atoms in total. The minimum atomic E-state index is -0.0512. The van der Waals surface area contributed by atoms with E-state index in [0.717, 1.165) is 52.0 Å². The Balaban J connectivity index is 1.86. The fourth-order valence-electron chi connectivity index (χ4n) is 3.10. The van der Waals surface area contributed by atoms with Gasteiger partial charge in [-0.1, -0.05) is 20.8 Å². The van der Waals surface area contributed by atoms with Crippen molar-refractivity contribution in [3.8, 4) is 0 Å². The lowest BCUT2D eigenvalue weighted by Crippen LogP contribution is -2.56. The van der Waals surface area contributed by atoms with Crippen LogP contribution in [0.4, 0.5) is 0 Å². The van der Waals surface area contributed by atoms with Crippen molar-refractivity contribution < 1.29 is 9.53 Å². The Morgan fingerprint density at radius 2 is 1.95 bits per heavy atom. The van der Waals surface area contributed by atoms with Gasteiger partial charge in [-0.25, -0.2) is 0 Å². The van der Waals surface area contributed by atoms with Gasteiger partial charge in [0.05, 0.1) is 6.04 Å². The van der Waals surface area contributed by atoms with Gasteiger partial charge < -0.3 is 15.4 Å². The average molecular weight is 268 g/mol. The molecule has 1 atom stereocenters. The van der Waals surface area contributed by atoms with Crippen LogP contribution in [0.2, 0.25) is 0 Å². The molecule has 0 aromatic carbocycles. The second-order valence-electron chi connectivity index (χ2n) is 7.12. The van der Waals surface area contributed by atoms with Gasteiger partial charge in [-0.15, -0.1) is 0 Å². The van der Waals surface area contributed by atoms with Crippen molar-refractivity contribution in [3.05, 3.63) is 0 Å². The smallest absolute Gasteiger partial charge is 0.237 e. The molecule has 2 saturated heterocycles. The topological polar surface area (TPSA) is 50.4 Å². The third-order valence-corrected chi connectivity index (χ3v) is 4.78. The lowest BCUT2D eigenvalue weighted by atomic mass is 9.76. The van der Waals surface area contributed by atoms with E-state index in [1.54, 1.807) is 0 Å². The molecule has 0 aliphatic carbocycles. The van der Waals surface area contributed by atoms with Crippen molar-refractivity contribution in [2.24, 2.45) is 10.8 Å². The van der Waals surface area contributed by atoms with Gasteiger partial charge in [-0.05, 0) is 43.1 Å². The number of hydrogen-bond acceptors (Lipinski definition) is 3. The molecule has 2 aliphatic rings. The summed E-state index contributed by atoms with van der Waals surface area (Å²) < 4.78 is 5.40. The zero-order chi connectivity index (χ0) is 13.9. The molecule has 0 saturated carbocycles. The maximum absolute atomic E-state index is 12.4. The number of amides is 1. The quantitative estimate of drug-likeness (QED) is 0.819. The first kappa shape index (κ1) is 14.8. The van der Waals surface area contributed by atoms with Crippen LogP contribution in [-0.4, -0.2) is 38.3 Å². The van der Waals surface area contributed by atoms with E-state index in [0.29, 0.717) is 0 Å². The fraction of sp³-hybridized carbons (Fsp3) is 0.933. The fourth-order valence-corrected chi connectivity index (χ4v) is 3.10. The summed E-state index contributed by atoms with van der Waals surface area (Å²) in [6, 6.07) is -0.0512. The van der Waals surface area contributed by atoms with Crippen LogP contribution < -0.4 is 10.6 Å². The molecular weight excluding hydrogens is 240 g/mol. The lowest BCUT2D eigenvalue weighted by molar-refractivity contribution is -0.127. The lowest BCUT2D eigenvalue weighted by Gasteiger charge is -2.39. The van der Waals surface area contributed by atoms with Gasteiger partial charge >= 0.3 is 0 Å². The molecule has 1 unspecified atom stereocenters. The SMILES string of the molecule is CC1(CNC(=O)C2NCCCC2(C)C)CCOCC1. The van der Waals surface area contributed by atoms with Gasteiger partial charge in [0.25, 0.3) is 0 Å². The Morgan fingerprint density at radius 1 is 1.26 bits per heavy atom. The second-order valence-corrected chi connectivity index (χ2v) is 7.12. The molecule has 2 aliphatic heterocycles. The van der Waals surface area contributed by atoms with E-state index >= 15 is 0 Å². The van der Waals surface area contributed by atoms with Crippen molar-refractivity contribution in [3.63, 3.8) is 0 Å². The molecule has 1 amide bonds. The minimum absolute atomic E-state index is 0.0512. The highest BCUT2D eigenvalue weighted by Crippen LogP contribution is 2.31. The molecule has 0 bridgehead atoms. The van der Waals surface area contributed by atoms with Crippen molar-refractivity contribution in [2.45, 2.75) is 52.5 Å². The van der Waals surface area contributed by atoms with Crippen molar-refractivity contribution in [2.75, 3.05) is 26.3 Å². The van der Waals surface area contributed by atoms with Gasteiger partial charge in [-0.2, -0.15) is 0 Å². The molecule has 2 rings (SSSR count). The van der Waals surface area contributed by atoms with Crippen LogP contribution in [-0.2, 0) is 9.53 Å². The summed E-state index contributed by atoms with van der Waals surface area (Å²) in [6.07, 6.45) is 4.35. The predicted octanol–water partition coefficient (Wildman–Crippen LogP) is 1.70. The zero-order valence-electron chi connectivity index (χ0n) is 12.6. The van der Waals surface area contributed by atoms with E-state index < -0.39 is 0 Å². The highest BCUT2D eigenvalue weighted by Gasteiger charge is 2.38. The van der Waals surface area contributed by atoms with E-state index in [4.69, 9.17) is 4.74 Å². The monoisotopic (exact) mass is 268 g/mol. The first-order chi connectivity index (χ1) is 8.93. The molecule has 0 aromatic rings. The van der Waals surface area contributed by atoms with Crippen molar-refractivity contribution in [1.82, 2.24) is 10.6 Å². The largest absolute Gasteiger partial charge is 0.381 e. The first-order valence-electron chi connectivity index (χ1n) is 7.52. The summed E-state index contributed by atoms with van der Waals surface area (Å²) in [4.78, 5) is 12.4. The van der Waals surface area contributed by atoms with Crippen LogP contribution >= 0.6 is 0 Å². The third kappa shape index (κ3) is 3.69. The maximum atomic E-state index is 12.4. The molecule has 4 heteroatoms. The van der Waals surface area contributed by atoms with Crippen LogP contribution in [0.25, 0.3) is 0 Å². The van der Waals surface area contributed by atoms with Gasteiger partial charge in [0.1, 0.15) is 0 Å². The number of hydrogen-bond donors (Lipinski definition) is 2. The van der Waals surface area contributed by atoms with E-state index in [2.05, 4.69) is 31.4 Å². The second kappa shape index (κ2) is 5.80. The Hall–Kier alpha value is -0.610. The summed E-state index contributed by atoms with van der Waals surface area (Å²) >= 11 is 0. The molecule has 0 radical (unpaired) electrons. The predicted molar refractivity (Wildman–Crippen MR) is 76.0 cm³/mol. The van der Waals surface area contributed by atoms with Gasteiger partial charge in [0, 0.05) is 19.8 Å². The number of piperidine rings is 1. The normalized spacial score (nSPS) is 29.7. The van der Waals surface area contributed by atoms with E-state index in [1.807, 2.05) is 0 Å². The van der Waals surface area contributed by atoms with Gasteiger partial charge in [0.2, 0.25) is 5.91 Å². The Kier molecular flexibility index (Phi) is 4.51. The zero-order valence-corrected chi connectivity index (χ0v) is 12.6. The summed E-state index contributed by atoms with van der Waals surface area (Å²) in [5.41, 5.74) is 0.256. The van der Waals surface area contributed by atoms with Crippen LogP contribution in [0.5, 0.6) is 0 Å². The number of carbonyl (C=O) groups excluding carboxylic acids is 1. The van der Waals surface area contributed by atoms with Crippen LogP contribution in [0, 0.1) is 10.8 Å². The highest BCUT2D eigenvalue weighted by molar-refractivity contribution is 5.82. The molecular formula is C15H28N2O2. The molecule has 2 fully saturated rings. The maximum Gasteiger partial charge on any atom is 0.237 e. The van der Waals surface area contributed by atoms with Crippen molar-refractivity contribution in [1.29, 1.82) is 0 Å². The van der Waals surface area contributed by atoms with Crippen molar-refractivity contribution >= 4 is 5.91 Å². The molecule has 110 valence electrons. The minimum Gasteiger partial charge on any atom is -0.381 e. The molecule has 19 heavy (non-hydrogen) atoms. The third-order valence-electron chi connectivity index (χ3n) is 4.78. The molecule has 2 heterocycles. The van der Waals surface area contributed by atoms with E-state index in [-0.39, 0.29) is 22.8 Å². The summed E-state index contributed by atoms with van der Waals surface area (Å²) in [7, 11) is 0. The summed E-state index contributed by atoms with van der Waals surface area (Å²) in [6.45, 7) is 9.96. The molecule has 2 N–H and O–H groups in total. The number of carbonyl (C=O) groups is 1. The van der Waals surface area contributed by atoms with Gasteiger partial charge in [0.15, 0.2) is 0 Å². The van der Waals surface area contributed by atoms with E-state index in [1.165, 1.54) is 0 Å². The van der Waals surface area contributed by atoms with Gasteiger partial charge in [-0.3, -0.25) is 4.79 Å². The average Bonchev–Trinajstić information content (AvgIpc) is 2.36. The van der Waals surface area contributed by atoms with Crippen LogP contribution in [0.1, 0.15) is 46.5 Å². The Morgan fingerprint density at radius 3 is 2.58 bits per heavy atom. The number of ether oxygens (including phenoxy) is 1. The Labute approximate surface area is 116 Å². The van der Waals surface area contributed by atoms with Crippen LogP contribution in [0.3, 0.4) is 0 Å². The first-order valence-corrected chi connectivity index (χ1v) is 7.52. The summed E-state index contributed by atoms with van der Waals surface area (Å²) in [5.74, 6) is 0.164. The number of nitrogens with one attached hydrogen (secondary N) is 2. The van der Waals surface area contributed by atoms with E-state index in [9.17, 15) is 4.79 Å². The molecule has 0 aromatic heterocycles. The molecule has 0 spiro atoms. The number of rotatable bonds is 3. The highest BCUT2D eigenvalue weighted by atomic mass is 16.5.